The lowest BCUT2D eigenvalue weighted by molar-refractivity contribution is 0.469. The standard InChI is InChI=1S/C5H11N.C5H12/c1-2-4-6-5-3-1;1-5(2,3)4/h6H,1-5H2;1-4H3. The van der Waals surface area contributed by atoms with Gasteiger partial charge in [0.1, 0.15) is 0 Å². The van der Waals surface area contributed by atoms with E-state index in [2.05, 4.69) is 33.0 Å². The molecule has 0 radical (unpaired) electrons. The number of nitrogens with one attached hydrogen (secondary N) is 1. The summed E-state index contributed by atoms with van der Waals surface area (Å²) in [6.45, 7) is 11.2. The van der Waals surface area contributed by atoms with Crippen molar-refractivity contribution in [3.63, 3.8) is 0 Å². The van der Waals surface area contributed by atoms with E-state index in [-0.39, 0.29) is 0 Å². The lowest BCUT2D eigenvalue weighted by atomic mass is 10.0. The third kappa shape index (κ3) is 17.8. The number of piperidine rings is 1. The molecule has 1 aliphatic rings. The van der Waals surface area contributed by atoms with Crippen molar-refractivity contribution < 1.29 is 0 Å². The quantitative estimate of drug-likeness (QED) is 0.570. The van der Waals surface area contributed by atoms with Gasteiger partial charge < -0.3 is 5.32 Å². The molecule has 1 N–H and O–H groups in total. The monoisotopic (exact) mass is 157 g/mol. The molecule has 0 aliphatic carbocycles. The van der Waals surface area contributed by atoms with Crippen LogP contribution in [0.25, 0.3) is 0 Å². The summed E-state index contributed by atoms with van der Waals surface area (Å²) >= 11 is 0. The summed E-state index contributed by atoms with van der Waals surface area (Å²) in [7, 11) is 0. The summed E-state index contributed by atoms with van der Waals surface area (Å²) in [4.78, 5) is 0. The first kappa shape index (κ1) is 11.0. The Morgan fingerprint density at radius 1 is 0.818 bits per heavy atom. The van der Waals surface area contributed by atoms with Crippen LogP contribution in [0.5, 0.6) is 0 Å². The molecule has 0 unspecified atom stereocenters. The largest absolute Gasteiger partial charge is 0.317 e. The summed E-state index contributed by atoms with van der Waals surface area (Å²) < 4.78 is 0. The minimum atomic E-state index is 0.500. The molecule has 1 rings (SSSR count). The van der Waals surface area contributed by atoms with E-state index in [0.717, 1.165) is 0 Å². The van der Waals surface area contributed by atoms with Crippen molar-refractivity contribution >= 4 is 0 Å². The van der Waals surface area contributed by atoms with Gasteiger partial charge in [-0.05, 0) is 31.3 Å². The first-order chi connectivity index (χ1) is 5.00. The average molecular weight is 157 g/mol. The van der Waals surface area contributed by atoms with Crippen LogP contribution in [-0.2, 0) is 0 Å². The highest BCUT2D eigenvalue weighted by molar-refractivity contribution is 4.55. The summed E-state index contributed by atoms with van der Waals surface area (Å²) in [6, 6.07) is 0. The lowest BCUT2D eigenvalue weighted by Crippen LogP contribution is -2.21. The van der Waals surface area contributed by atoms with Crippen molar-refractivity contribution in [3.05, 3.63) is 0 Å². The van der Waals surface area contributed by atoms with Crippen LogP contribution in [-0.4, -0.2) is 13.1 Å². The molecule has 0 saturated carbocycles. The highest BCUT2D eigenvalue weighted by Crippen LogP contribution is 2.08. The lowest BCUT2D eigenvalue weighted by Gasteiger charge is -2.08. The maximum Gasteiger partial charge on any atom is -0.00489 e. The molecule has 1 fully saturated rings. The molecular formula is C10H23N. The van der Waals surface area contributed by atoms with Gasteiger partial charge in [0.05, 0.1) is 0 Å². The Bertz CT molecular complexity index is 59.9. The van der Waals surface area contributed by atoms with E-state index in [0.29, 0.717) is 5.41 Å². The van der Waals surface area contributed by atoms with Crippen LogP contribution in [0.1, 0.15) is 47.0 Å². The van der Waals surface area contributed by atoms with Gasteiger partial charge in [-0.3, -0.25) is 0 Å². The third-order valence-corrected chi connectivity index (χ3v) is 1.21. The van der Waals surface area contributed by atoms with Gasteiger partial charge in [0, 0.05) is 0 Å². The highest BCUT2D eigenvalue weighted by Gasteiger charge is 1.95. The zero-order chi connectivity index (χ0) is 8.74. The highest BCUT2D eigenvalue weighted by atomic mass is 14.9. The van der Waals surface area contributed by atoms with Crippen molar-refractivity contribution in [3.8, 4) is 0 Å². The molecule has 1 nitrogen and oxygen atoms in total. The Balaban J connectivity index is 0.000000187. The van der Waals surface area contributed by atoms with E-state index >= 15 is 0 Å². The van der Waals surface area contributed by atoms with Gasteiger partial charge in [-0.25, -0.2) is 0 Å². The second-order valence-corrected chi connectivity index (χ2v) is 4.81. The first-order valence-electron chi connectivity index (χ1n) is 4.71. The Morgan fingerprint density at radius 3 is 1.27 bits per heavy atom. The molecule has 0 aromatic carbocycles. The van der Waals surface area contributed by atoms with Crippen molar-refractivity contribution in [2.45, 2.75) is 47.0 Å². The topological polar surface area (TPSA) is 12.0 Å². The summed E-state index contributed by atoms with van der Waals surface area (Å²) in [6.07, 6.45) is 4.22. The Morgan fingerprint density at radius 2 is 1.18 bits per heavy atom. The molecule has 0 aromatic heterocycles. The average Bonchev–Trinajstić information content (AvgIpc) is 1.88. The molecule has 0 amide bonds. The van der Waals surface area contributed by atoms with E-state index < -0.39 is 0 Å². The fourth-order valence-electron chi connectivity index (χ4n) is 0.802. The zero-order valence-electron chi connectivity index (χ0n) is 8.54. The maximum absolute atomic E-state index is 3.28. The molecule has 1 saturated heterocycles. The Hall–Kier alpha value is -0.0400. The second-order valence-electron chi connectivity index (χ2n) is 4.81. The Kier molecular flexibility index (Phi) is 5.57. The van der Waals surface area contributed by atoms with Gasteiger partial charge in [-0.15, -0.1) is 0 Å². The van der Waals surface area contributed by atoms with Crippen LogP contribution < -0.4 is 5.32 Å². The Labute approximate surface area is 71.6 Å². The minimum Gasteiger partial charge on any atom is -0.317 e. The van der Waals surface area contributed by atoms with Gasteiger partial charge in [-0.1, -0.05) is 34.1 Å². The van der Waals surface area contributed by atoms with Crippen LogP contribution in [0, 0.1) is 5.41 Å². The molecule has 0 atom stereocenters. The molecule has 1 heterocycles. The number of hydrogen-bond donors (Lipinski definition) is 1. The van der Waals surface area contributed by atoms with Crippen LogP contribution in [0.3, 0.4) is 0 Å². The normalized spacial score (nSPS) is 18.5. The van der Waals surface area contributed by atoms with E-state index in [4.69, 9.17) is 0 Å². The van der Waals surface area contributed by atoms with Crippen molar-refractivity contribution in [1.29, 1.82) is 0 Å². The summed E-state index contributed by atoms with van der Waals surface area (Å²) in [5, 5.41) is 3.28. The predicted molar refractivity (Wildman–Crippen MR) is 51.8 cm³/mol. The van der Waals surface area contributed by atoms with E-state index in [1.54, 1.807) is 0 Å². The van der Waals surface area contributed by atoms with Crippen LogP contribution in [0.4, 0.5) is 0 Å². The first-order valence-corrected chi connectivity index (χ1v) is 4.71. The van der Waals surface area contributed by atoms with E-state index in [9.17, 15) is 0 Å². The van der Waals surface area contributed by atoms with Gasteiger partial charge in [0.15, 0.2) is 0 Å². The molecule has 1 aliphatic heterocycles. The van der Waals surface area contributed by atoms with Crippen molar-refractivity contribution in [2.24, 2.45) is 5.41 Å². The smallest absolute Gasteiger partial charge is 0.00489 e. The van der Waals surface area contributed by atoms with Gasteiger partial charge in [0.25, 0.3) is 0 Å². The van der Waals surface area contributed by atoms with Crippen molar-refractivity contribution in [1.82, 2.24) is 5.32 Å². The number of hydrogen-bond acceptors (Lipinski definition) is 1. The summed E-state index contributed by atoms with van der Waals surface area (Å²) in [5.74, 6) is 0. The van der Waals surface area contributed by atoms with Gasteiger partial charge >= 0.3 is 0 Å². The second kappa shape index (κ2) is 5.59. The van der Waals surface area contributed by atoms with Crippen LogP contribution in [0.15, 0.2) is 0 Å². The van der Waals surface area contributed by atoms with Gasteiger partial charge in [0.2, 0.25) is 0 Å². The maximum atomic E-state index is 3.28. The zero-order valence-corrected chi connectivity index (χ0v) is 8.54. The molecule has 1 heteroatoms. The minimum absolute atomic E-state index is 0.500. The predicted octanol–water partition coefficient (Wildman–Crippen LogP) is 2.81. The molecular weight excluding hydrogens is 134 g/mol. The van der Waals surface area contributed by atoms with Gasteiger partial charge in [-0.2, -0.15) is 0 Å². The molecule has 0 bridgehead atoms. The van der Waals surface area contributed by atoms with Crippen LogP contribution in [0.2, 0.25) is 0 Å². The molecule has 0 spiro atoms. The fraction of sp³-hybridized carbons (Fsp3) is 1.00. The molecule has 11 heavy (non-hydrogen) atoms. The van der Waals surface area contributed by atoms with Crippen LogP contribution >= 0.6 is 0 Å². The van der Waals surface area contributed by atoms with Crippen molar-refractivity contribution in [2.75, 3.05) is 13.1 Å². The molecule has 0 aromatic rings. The third-order valence-electron chi connectivity index (χ3n) is 1.21. The van der Waals surface area contributed by atoms with E-state index in [1.165, 1.54) is 32.4 Å². The number of rotatable bonds is 0. The molecule has 68 valence electrons. The van der Waals surface area contributed by atoms with E-state index in [1.807, 2.05) is 0 Å². The summed E-state index contributed by atoms with van der Waals surface area (Å²) in [5.41, 5.74) is 0.500. The SMILES string of the molecule is C1CCNCC1.CC(C)(C)C. The fourth-order valence-corrected chi connectivity index (χ4v) is 0.802.